The molecule has 2 aromatic rings. The van der Waals surface area contributed by atoms with Crippen LogP contribution in [0.15, 0.2) is 17.0 Å². The first-order valence-electron chi connectivity index (χ1n) is 6.23. The molecule has 6 nitrogen and oxygen atoms in total. The summed E-state index contributed by atoms with van der Waals surface area (Å²) < 4.78 is 5.14. The lowest BCUT2D eigenvalue weighted by molar-refractivity contribution is 0.0930. The average molecular weight is 295 g/mol. The highest BCUT2D eigenvalue weighted by Gasteiger charge is 2.22. The normalized spacial score (nSPS) is 12.2. The Bertz CT molecular complexity index is 607. The average Bonchev–Trinajstić information content (AvgIpc) is 2.76. The van der Waals surface area contributed by atoms with Gasteiger partial charge in [0.05, 0.1) is 16.8 Å². The molecule has 2 heterocycles. The van der Waals surface area contributed by atoms with Crippen LogP contribution in [-0.4, -0.2) is 21.0 Å². The molecule has 0 saturated heterocycles. The van der Waals surface area contributed by atoms with Crippen molar-refractivity contribution >= 4 is 17.5 Å². The number of amides is 1. The topological polar surface area (TPSA) is 80.9 Å². The molecule has 2 aromatic heterocycles. The van der Waals surface area contributed by atoms with Crippen molar-refractivity contribution in [2.75, 3.05) is 0 Å². The molecule has 0 radical (unpaired) electrons. The van der Waals surface area contributed by atoms with Crippen LogP contribution in [0, 0.1) is 13.8 Å². The molecule has 2 rings (SSSR count). The van der Waals surface area contributed by atoms with E-state index in [1.807, 2.05) is 20.8 Å². The van der Waals surface area contributed by atoms with E-state index in [2.05, 4.69) is 20.4 Å². The Morgan fingerprint density at radius 3 is 2.80 bits per heavy atom. The highest BCUT2D eigenvalue weighted by atomic mass is 35.5. The fourth-order valence-electron chi connectivity index (χ4n) is 2.07. The molecule has 0 fully saturated rings. The number of carbonyl (C=O) groups is 1. The highest BCUT2D eigenvalue weighted by molar-refractivity contribution is 6.33. The van der Waals surface area contributed by atoms with Gasteiger partial charge in [0.2, 0.25) is 0 Å². The predicted octanol–water partition coefficient (Wildman–Crippen LogP) is 2.62. The van der Waals surface area contributed by atoms with Gasteiger partial charge in [-0.1, -0.05) is 23.7 Å². The second-order valence-corrected chi connectivity index (χ2v) is 4.80. The van der Waals surface area contributed by atoms with E-state index in [1.54, 1.807) is 0 Å². The van der Waals surface area contributed by atoms with Crippen molar-refractivity contribution in [1.29, 1.82) is 0 Å². The SMILES string of the molecule is CC[C@H](NC(=O)c1ncncc1Cl)c1c(C)noc1C. The maximum Gasteiger partial charge on any atom is 0.272 e. The van der Waals surface area contributed by atoms with Gasteiger partial charge in [0, 0.05) is 11.8 Å². The van der Waals surface area contributed by atoms with Crippen molar-refractivity contribution in [1.82, 2.24) is 20.4 Å². The van der Waals surface area contributed by atoms with Crippen LogP contribution < -0.4 is 5.32 Å². The minimum absolute atomic E-state index is 0.159. The fourth-order valence-corrected chi connectivity index (χ4v) is 2.26. The van der Waals surface area contributed by atoms with Gasteiger partial charge in [0.25, 0.3) is 5.91 Å². The van der Waals surface area contributed by atoms with Crippen LogP contribution in [0.2, 0.25) is 5.02 Å². The molecule has 0 aliphatic heterocycles. The third-order valence-corrected chi connectivity index (χ3v) is 3.31. The van der Waals surface area contributed by atoms with E-state index in [0.29, 0.717) is 12.2 Å². The Morgan fingerprint density at radius 2 is 2.25 bits per heavy atom. The van der Waals surface area contributed by atoms with Crippen LogP contribution in [0.1, 0.15) is 46.9 Å². The van der Waals surface area contributed by atoms with Gasteiger partial charge in [-0.05, 0) is 20.3 Å². The third kappa shape index (κ3) is 2.80. The monoisotopic (exact) mass is 294 g/mol. The summed E-state index contributed by atoms with van der Waals surface area (Å²) in [7, 11) is 0. The molecule has 0 aromatic carbocycles. The first kappa shape index (κ1) is 14.5. The van der Waals surface area contributed by atoms with Crippen LogP contribution >= 0.6 is 11.6 Å². The van der Waals surface area contributed by atoms with E-state index < -0.39 is 0 Å². The predicted molar refractivity (Wildman–Crippen MR) is 73.5 cm³/mol. The van der Waals surface area contributed by atoms with Crippen LogP contribution in [0.25, 0.3) is 0 Å². The number of nitrogens with one attached hydrogen (secondary N) is 1. The Kier molecular flexibility index (Phi) is 4.34. The van der Waals surface area contributed by atoms with Crippen molar-refractivity contribution in [3.8, 4) is 0 Å². The van der Waals surface area contributed by atoms with Crippen LogP contribution in [0.4, 0.5) is 0 Å². The largest absolute Gasteiger partial charge is 0.361 e. The molecule has 0 aliphatic carbocycles. The minimum atomic E-state index is -0.343. The molecule has 7 heteroatoms. The third-order valence-electron chi connectivity index (χ3n) is 3.03. The molecule has 106 valence electrons. The molecular formula is C13H15ClN4O2. The van der Waals surface area contributed by atoms with Gasteiger partial charge in [0.15, 0.2) is 0 Å². The standard InChI is InChI=1S/C13H15ClN4O2/c1-4-10(11-7(2)18-20-8(11)3)17-13(19)12-9(14)5-15-6-16-12/h5-6,10H,4H2,1-3H3,(H,17,19)/t10-/m0/s1. The van der Waals surface area contributed by atoms with Crippen molar-refractivity contribution < 1.29 is 9.32 Å². The zero-order valence-corrected chi connectivity index (χ0v) is 12.2. The first-order chi connectivity index (χ1) is 9.54. The second kappa shape index (κ2) is 6.00. The second-order valence-electron chi connectivity index (χ2n) is 4.39. The van der Waals surface area contributed by atoms with Gasteiger partial charge in [0.1, 0.15) is 17.8 Å². The summed E-state index contributed by atoms with van der Waals surface area (Å²) in [6.07, 6.45) is 3.38. The van der Waals surface area contributed by atoms with E-state index in [1.165, 1.54) is 12.5 Å². The number of nitrogens with zero attached hydrogens (tertiary/aromatic N) is 3. The number of aromatic nitrogens is 3. The van der Waals surface area contributed by atoms with Crippen LogP contribution in [-0.2, 0) is 0 Å². The van der Waals surface area contributed by atoms with Crippen molar-refractivity contribution in [3.05, 3.63) is 40.3 Å². The van der Waals surface area contributed by atoms with Crippen LogP contribution in [0.5, 0.6) is 0 Å². The number of carbonyl (C=O) groups excluding carboxylic acids is 1. The van der Waals surface area contributed by atoms with E-state index in [4.69, 9.17) is 16.1 Å². The maximum atomic E-state index is 12.2. The molecule has 0 bridgehead atoms. The minimum Gasteiger partial charge on any atom is -0.361 e. The van der Waals surface area contributed by atoms with Crippen LogP contribution in [0.3, 0.4) is 0 Å². The lowest BCUT2D eigenvalue weighted by Gasteiger charge is -2.16. The molecular weight excluding hydrogens is 280 g/mol. The Hall–Kier alpha value is -1.95. The van der Waals surface area contributed by atoms with Crippen molar-refractivity contribution in [2.45, 2.75) is 33.2 Å². The van der Waals surface area contributed by atoms with E-state index in [-0.39, 0.29) is 22.7 Å². The fraction of sp³-hybridized carbons (Fsp3) is 0.385. The molecule has 0 spiro atoms. The Balaban J connectivity index is 2.24. The molecule has 0 unspecified atom stereocenters. The van der Waals surface area contributed by atoms with Gasteiger partial charge < -0.3 is 9.84 Å². The Labute approximate surface area is 121 Å². The number of hydrogen-bond donors (Lipinski definition) is 1. The van der Waals surface area contributed by atoms with Gasteiger partial charge in [-0.15, -0.1) is 0 Å². The van der Waals surface area contributed by atoms with Gasteiger partial charge in [-0.25, -0.2) is 9.97 Å². The summed E-state index contributed by atoms with van der Waals surface area (Å²) in [6.45, 7) is 5.64. The summed E-state index contributed by atoms with van der Waals surface area (Å²) in [5, 5.41) is 7.02. The van der Waals surface area contributed by atoms with Gasteiger partial charge in [-0.2, -0.15) is 0 Å². The molecule has 1 atom stereocenters. The lowest BCUT2D eigenvalue weighted by atomic mass is 10.0. The molecule has 1 amide bonds. The molecule has 1 N–H and O–H groups in total. The van der Waals surface area contributed by atoms with Gasteiger partial charge >= 0.3 is 0 Å². The maximum absolute atomic E-state index is 12.2. The zero-order chi connectivity index (χ0) is 14.7. The highest BCUT2D eigenvalue weighted by Crippen LogP contribution is 2.24. The number of hydrogen-bond acceptors (Lipinski definition) is 5. The van der Waals surface area contributed by atoms with E-state index in [0.717, 1.165) is 11.3 Å². The summed E-state index contributed by atoms with van der Waals surface area (Å²) >= 11 is 5.92. The first-order valence-corrected chi connectivity index (χ1v) is 6.61. The van der Waals surface area contributed by atoms with E-state index >= 15 is 0 Å². The summed E-state index contributed by atoms with van der Waals surface area (Å²) in [5.74, 6) is 0.354. The summed E-state index contributed by atoms with van der Waals surface area (Å²) in [6, 6.07) is -0.195. The van der Waals surface area contributed by atoms with Crippen molar-refractivity contribution in [3.63, 3.8) is 0 Å². The Morgan fingerprint density at radius 1 is 1.50 bits per heavy atom. The quantitative estimate of drug-likeness (QED) is 0.937. The molecule has 0 saturated carbocycles. The number of rotatable bonds is 4. The van der Waals surface area contributed by atoms with Gasteiger partial charge in [-0.3, -0.25) is 4.79 Å². The summed E-state index contributed by atoms with van der Waals surface area (Å²) in [5.41, 5.74) is 1.82. The molecule has 0 aliphatic rings. The lowest BCUT2D eigenvalue weighted by Crippen LogP contribution is -2.29. The summed E-state index contributed by atoms with van der Waals surface area (Å²) in [4.78, 5) is 19.9. The van der Waals surface area contributed by atoms with E-state index in [9.17, 15) is 4.79 Å². The smallest absolute Gasteiger partial charge is 0.272 e. The number of halogens is 1. The molecule has 20 heavy (non-hydrogen) atoms. The zero-order valence-electron chi connectivity index (χ0n) is 11.5. The van der Waals surface area contributed by atoms with Crippen molar-refractivity contribution in [2.24, 2.45) is 0 Å². The number of aryl methyl sites for hydroxylation is 2.